The fourth-order valence-corrected chi connectivity index (χ4v) is 5.69. The fraction of sp³-hybridized carbons (Fsp3) is 0.450. The fourth-order valence-electron chi connectivity index (χ4n) is 3.92. The minimum Gasteiger partial charge on any atom is -0.497 e. The van der Waals surface area contributed by atoms with Crippen LogP contribution in [-0.4, -0.2) is 36.9 Å². The van der Waals surface area contributed by atoms with Crippen molar-refractivity contribution in [2.45, 2.75) is 50.0 Å². The van der Waals surface area contributed by atoms with E-state index in [4.69, 9.17) is 16.3 Å². The van der Waals surface area contributed by atoms with Gasteiger partial charge in [0.2, 0.25) is 10.0 Å². The van der Waals surface area contributed by atoms with Gasteiger partial charge in [-0.3, -0.25) is 0 Å². The summed E-state index contributed by atoms with van der Waals surface area (Å²) in [5.74, 6) is 0.518. The van der Waals surface area contributed by atoms with Crippen molar-refractivity contribution in [3.8, 4) is 0 Å². The number of benzene rings is 1. The molecule has 1 heterocycles. The molecular formula is C20H25ClN2O3S. The second-order valence-corrected chi connectivity index (χ2v) is 9.33. The van der Waals surface area contributed by atoms with E-state index in [9.17, 15) is 8.42 Å². The van der Waals surface area contributed by atoms with Crippen molar-refractivity contribution < 1.29 is 13.2 Å². The molecule has 0 saturated heterocycles. The van der Waals surface area contributed by atoms with Crippen LogP contribution >= 0.6 is 11.6 Å². The zero-order valence-electron chi connectivity index (χ0n) is 16.0. The summed E-state index contributed by atoms with van der Waals surface area (Å²) in [6, 6.07) is 5.02. The van der Waals surface area contributed by atoms with Crippen LogP contribution in [0.15, 0.2) is 41.6 Å². The quantitative estimate of drug-likeness (QED) is 0.514. The van der Waals surface area contributed by atoms with E-state index in [2.05, 4.69) is 11.6 Å². The number of hydrogen-bond donors (Lipinski definition) is 0. The molecule has 0 N–H and O–H groups in total. The SMILES string of the molecule is C=C(OCC)C1(N(C)S(=O)(=O)c2ccc3c(C)cnc(Cl)c3c2)CCCC1. The molecule has 146 valence electrons. The third-order valence-electron chi connectivity index (χ3n) is 5.54. The van der Waals surface area contributed by atoms with Crippen molar-refractivity contribution in [2.75, 3.05) is 13.7 Å². The van der Waals surface area contributed by atoms with Crippen LogP contribution in [0.5, 0.6) is 0 Å². The largest absolute Gasteiger partial charge is 0.497 e. The topological polar surface area (TPSA) is 59.5 Å². The summed E-state index contributed by atoms with van der Waals surface area (Å²) < 4.78 is 34.0. The molecule has 1 aliphatic carbocycles. The molecule has 0 radical (unpaired) electrons. The zero-order valence-corrected chi connectivity index (χ0v) is 17.5. The Bertz CT molecular complexity index is 982. The monoisotopic (exact) mass is 408 g/mol. The van der Waals surface area contributed by atoms with Gasteiger partial charge >= 0.3 is 0 Å². The van der Waals surface area contributed by atoms with Crippen molar-refractivity contribution in [3.05, 3.63) is 47.5 Å². The molecule has 0 spiro atoms. The normalized spacial score (nSPS) is 16.8. The Morgan fingerprint density at radius 3 is 2.63 bits per heavy atom. The second-order valence-electron chi connectivity index (χ2n) is 7.01. The van der Waals surface area contributed by atoms with Crippen LogP contribution in [-0.2, 0) is 14.8 Å². The van der Waals surface area contributed by atoms with Crippen LogP contribution in [0, 0.1) is 6.92 Å². The summed E-state index contributed by atoms with van der Waals surface area (Å²) in [4.78, 5) is 4.34. The van der Waals surface area contributed by atoms with Crippen LogP contribution in [0.2, 0.25) is 5.15 Å². The first-order valence-electron chi connectivity index (χ1n) is 9.10. The first-order valence-corrected chi connectivity index (χ1v) is 10.9. The number of likely N-dealkylation sites (N-methyl/N-ethyl adjacent to an activating group) is 1. The lowest BCUT2D eigenvalue weighted by Gasteiger charge is -2.38. The Morgan fingerprint density at radius 1 is 1.33 bits per heavy atom. The molecular weight excluding hydrogens is 384 g/mol. The van der Waals surface area contributed by atoms with Crippen molar-refractivity contribution in [3.63, 3.8) is 0 Å². The summed E-state index contributed by atoms with van der Waals surface area (Å²) in [7, 11) is -2.14. The van der Waals surface area contributed by atoms with Crippen LogP contribution in [0.1, 0.15) is 38.2 Å². The molecule has 1 saturated carbocycles. The first-order chi connectivity index (χ1) is 12.7. The molecule has 27 heavy (non-hydrogen) atoms. The van der Waals surface area contributed by atoms with Gasteiger partial charge in [-0.25, -0.2) is 13.4 Å². The maximum atomic E-state index is 13.4. The van der Waals surface area contributed by atoms with Gasteiger partial charge in [0.05, 0.1) is 17.0 Å². The highest BCUT2D eigenvalue weighted by Gasteiger charge is 2.47. The van der Waals surface area contributed by atoms with Crippen LogP contribution in [0.3, 0.4) is 0 Å². The smallest absolute Gasteiger partial charge is 0.243 e. The Morgan fingerprint density at radius 2 is 2.00 bits per heavy atom. The Labute approximate surface area is 166 Å². The molecule has 0 unspecified atom stereocenters. The molecule has 0 atom stereocenters. The van der Waals surface area contributed by atoms with Gasteiger partial charge in [-0.15, -0.1) is 0 Å². The van der Waals surface area contributed by atoms with Gasteiger partial charge in [-0.2, -0.15) is 4.31 Å². The van der Waals surface area contributed by atoms with E-state index in [1.165, 1.54) is 4.31 Å². The molecule has 1 aromatic carbocycles. The number of nitrogens with zero attached hydrogens (tertiary/aromatic N) is 2. The molecule has 7 heteroatoms. The highest BCUT2D eigenvalue weighted by atomic mass is 35.5. The number of fused-ring (bicyclic) bond motifs is 1. The van der Waals surface area contributed by atoms with E-state index in [-0.39, 0.29) is 4.90 Å². The third-order valence-corrected chi connectivity index (χ3v) is 7.76. The van der Waals surface area contributed by atoms with Crippen LogP contribution in [0.25, 0.3) is 10.8 Å². The number of aromatic nitrogens is 1. The molecule has 5 nitrogen and oxygen atoms in total. The maximum Gasteiger partial charge on any atom is 0.243 e. The summed E-state index contributed by atoms with van der Waals surface area (Å²) in [5, 5.41) is 1.82. The third kappa shape index (κ3) is 3.35. The predicted molar refractivity (Wildman–Crippen MR) is 108 cm³/mol. The Kier molecular flexibility index (Phi) is 5.52. The molecule has 1 aromatic heterocycles. The number of pyridine rings is 1. The minimum absolute atomic E-state index is 0.197. The van der Waals surface area contributed by atoms with Gasteiger partial charge in [0.25, 0.3) is 0 Å². The summed E-state index contributed by atoms with van der Waals surface area (Å²) in [5.41, 5.74) is 0.238. The van der Waals surface area contributed by atoms with Crippen LogP contribution < -0.4 is 0 Å². The summed E-state index contributed by atoms with van der Waals surface area (Å²) >= 11 is 6.22. The lowest BCUT2D eigenvalue weighted by molar-refractivity contribution is 0.123. The van der Waals surface area contributed by atoms with Crippen LogP contribution in [0.4, 0.5) is 0 Å². The number of aryl methyl sites for hydroxylation is 1. The number of sulfonamides is 1. The van der Waals surface area contributed by atoms with Crippen molar-refractivity contribution in [1.82, 2.24) is 9.29 Å². The van der Waals surface area contributed by atoms with E-state index >= 15 is 0 Å². The molecule has 1 aliphatic rings. The number of hydrogen-bond acceptors (Lipinski definition) is 4. The Balaban J connectivity index is 2.08. The number of halogens is 1. The standard InChI is InChI=1S/C20H25ClN2O3S/c1-5-26-15(3)20(10-6-7-11-20)23(4)27(24,25)16-8-9-17-14(2)13-22-19(21)18(17)12-16/h8-9,12-13H,3,5-7,10-11H2,1-2,4H3. The van der Waals surface area contributed by atoms with E-state index in [0.29, 0.717) is 35.7 Å². The van der Waals surface area contributed by atoms with E-state index in [0.717, 1.165) is 23.8 Å². The first kappa shape index (κ1) is 20.1. The van der Waals surface area contributed by atoms with E-state index in [1.54, 1.807) is 31.4 Å². The van der Waals surface area contributed by atoms with Gasteiger partial charge in [0.15, 0.2) is 0 Å². The second kappa shape index (κ2) is 7.41. The summed E-state index contributed by atoms with van der Waals surface area (Å²) in [6.45, 7) is 8.31. The van der Waals surface area contributed by atoms with E-state index in [1.807, 2.05) is 13.8 Å². The lowest BCUT2D eigenvalue weighted by atomic mass is 9.96. The molecule has 0 amide bonds. The van der Waals surface area contributed by atoms with E-state index < -0.39 is 15.6 Å². The molecule has 0 bridgehead atoms. The molecule has 0 aliphatic heterocycles. The van der Waals surface area contributed by atoms with Gasteiger partial charge in [-0.1, -0.05) is 37.1 Å². The molecule has 2 aromatic rings. The van der Waals surface area contributed by atoms with Crippen molar-refractivity contribution >= 4 is 32.4 Å². The van der Waals surface area contributed by atoms with Gasteiger partial charge in [-0.05, 0) is 49.8 Å². The predicted octanol–water partition coefficient (Wildman–Crippen LogP) is 4.68. The Hall–Kier alpha value is -1.63. The van der Waals surface area contributed by atoms with Gasteiger partial charge < -0.3 is 4.74 Å². The average molecular weight is 409 g/mol. The number of rotatable bonds is 6. The molecule has 1 fully saturated rings. The van der Waals surface area contributed by atoms with Gasteiger partial charge in [0.1, 0.15) is 10.9 Å². The summed E-state index contributed by atoms with van der Waals surface area (Å²) in [6.07, 6.45) is 4.98. The highest BCUT2D eigenvalue weighted by Crippen LogP contribution is 2.43. The van der Waals surface area contributed by atoms with Gasteiger partial charge in [0, 0.05) is 18.6 Å². The zero-order chi connectivity index (χ0) is 19.8. The highest BCUT2D eigenvalue weighted by molar-refractivity contribution is 7.89. The molecule has 3 rings (SSSR count). The minimum atomic E-state index is -3.76. The number of ether oxygens (including phenoxy) is 1. The average Bonchev–Trinajstić information content (AvgIpc) is 3.15. The maximum absolute atomic E-state index is 13.4. The lowest BCUT2D eigenvalue weighted by Crippen LogP contribution is -2.49. The van der Waals surface area contributed by atoms with Crippen molar-refractivity contribution in [1.29, 1.82) is 0 Å². The van der Waals surface area contributed by atoms with Crippen molar-refractivity contribution in [2.24, 2.45) is 0 Å².